The zero-order valence-corrected chi connectivity index (χ0v) is 10.0. The molecule has 2 N–H and O–H groups in total. The van der Waals surface area contributed by atoms with E-state index < -0.39 is 11.7 Å². The number of nitrogens with two attached hydrogens (primary N) is 1. The molecule has 0 saturated heterocycles. The molecule has 96 valence electrons. The van der Waals surface area contributed by atoms with Gasteiger partial charge < -0.3 is 14.9 Å². The molecule has 2 rings (SSSR count). The molecular weight excluding hydrogens is 236 g/mol. The molecule has 0 amide bonds. The van der Waals surface area contributed by atoms with Crippen molar-refractivity contribution in [3.05, 3.63) is 28.7 Å². The van der Waals surface area contributed by atoms with Crippen LogP contribution in [-0.2, 0) is 16.1 Å². The van der Waals surface area contributed by atoms with Crippen LogP contribution in [0.5, 0.6) is 0 Å². The molecule has 0 aliphatic heterocycles. The number of rotatable bonds is 4. The first-order valence-corrected chi connectivity index (χ1v) is 5.67. The number of hydrogen-bond acceptors (Lipinski definition) is 5. The molecule has 0 saturated carbocycles. The van der Waals surface area contributed by atoms with Gasteiger partial charge in [-0.2, -0.15) is 0 Å². The van der Waals surface area contributed by atoms with E-state index in [2.05, 4.69) is 0 Å². The van der Waals surface area contributed by atoms with Gasteiger partial charge in [-0.15, -0.1) is 0 Å². The molecule has 0 aliphatic carbocycles. The monoisotopic (exact) mass is 250 g/mol. The molecule has 2 aromatic rings. The summed E-state index contributed by atoms with van der Waals surface area (Å²) in [5.41, 5.74) is 6.96. The second-order valence-corrected chi connectivity index (χ2v) is 3.87. The Kier molecular flexibility index (Phi) is 3.36. The lowest BCUT2D eigenvalue weighted by Crippen LogP contribution is -2.22. The van der Waals surface area contributed by atoms with Crippen LogP contribution in [0, 0.1) is 0 Å². The summed E-state index contributed by atoms with van der Waals surface area (Å²) in [4.78, 5) is 23.1. The van der Waals surface area contributed by atoms with Crippen molar-refractivity contribution in [3.63, 3.8) is 0 Å². The van der Waals surface area contributed by atoms with E-state index in [1.54, 1.807) is 18.2 Å². The maximum Gasteiger partial charge on any atom is 0.420 e. The Labute approximate surface area is 103 Å². The number of para-hydroxylation sites is 1. The number of benzene rings is 1. The topological polar surface area (TPSA) is 87.5 Å². The molecule has 1 aromatic carbocycles. The molecule has 1 aromatic heterocycles. The number of carbonyl (C=O) groups is 1. The van der Waals surface area contributed by atoms with E-state index in [1.807, 2.05) is 6.92 Å². The average Bonchev–Trinajstić information content (AvgIpc) is 2.65. The molecule has 1 heterocycles. The molecule has 0 aliphatic rings. The van der Waals surface area contributed by atoms with Crippen molar-refractivity contribution in [2.24, 2.45) is 0 Å². The Morgan fingerprint density at radius 2 is 2.28 bits per heavy atom. The van der Waals surface area contributed by atoms with Crippen LogP contribution < -0.4 is 11.5 Å². The lowest BCUT2D eigenvalue weighted by atomic mass is 10.3. The van der Waals surface area contributed by atoms with Gasteiger partial charge in [-0.1, -0.05) is 13.0 Å². The number of carbonyl (C=O) groups excluding carboxylic acids is 1. The standard InChI is InChI=1S/C12H14N2O4/c1-2-6-17-10(15)7-14-11-8(13)4-3-5-9(11)18-12(14)16/h3-5H,2,6-7,13H2,1H3. The molecule has 6 heteroatoms. The van der Waals surface area contributed by atoms with Crippen LogP contribution in [0.3, 0.4) is 0 Å². The van der Waals surface area contributed by atoms with Gasteiger partial charge in [-0.05, 0) is 18.6 Å². The predicted octanol–water partition coefficient (Wildman–Crippen LogP) is 1.13. The molecular formula is C12H14N2O4. The number of anilines is 1. The Balaban J connectivity index is 2.36. The van der Waals surface area contributed by atoms with Crippen molar-refractivity contribution < 1.29 is 13.9 Å². The van der Waals surface area contributed by atoms with E-state index in [0.717, 1.165) is 6.42 Å². The minimum atomic E-state index is -0.614. The number of nitrogen functional groups attached to an aromatic ring is 1. The van der Waals surface area contributed by atoms with E-state index in [4.69, 9.17) is 14.9 Å². The predicted molar refractivity (Wildman–Crippen MR) is 66.1 cm³/mol. The van der Waals surface area contributed by atoms with Crippen molar-refractivity contribution in [3.8, 4) is 0 Å². The number of esters is 1. The second-order valence-electron chi connectivity index (χ2n) is 3.87. The smallest absolute Gasteiger partial charge is 0.420 e. The van der Waals surface area contributed by atoms with Gasteiger partial charge in [0.2, 0.25) is 0 Å². The lowest BCUT2D eigenvalue weighted by molar-refractivity contribution is -0.144. The SMILES string of the molecule is CCCOC(=O)Cn1c(=O)oc2cccc(N)c21. The summed E-state index contributed by atoms with van der Waals surface area (Å²) >= 11 is 0. The fourth-order valence-electron chi connectivity index (χ4n) is 1.69. The highest BCUT2D eigenvalue weighted by Gasteiger charge is 2.15. The molecule has 6 nitrogen and oxygen atoms in total. The van der Waals surface area contributed by atoms with Crippen LogP contribution in [0.25, 0.3) is 11.1 Å². The Hall–Kier alpha value is -2.24. The summed E-state index contributed by atoms with van der Waals surface area (Å²) in [5.74, 6) is -1.10. The summed E-state index contributed by atoms with van der Waals surface area (Å²) in [5, 5.41) is 0. The molecule has 0 radical (unpaired) electrons. The van der Waals surface area contributed by atoms with Gasteiger partial charge in [0.15, 0.2) is 5.58 Å². The van der Waals surface area contributed by atoms with E-state index >= 15 is 0 Å². The van der Waals surface area contributed by atoms with Gasteiger partial charge >= 0.3 is 11.7 Å². The van der Waals surface area contributed by atoms with Gasteiger partial charge in [-0.3, -0.25) is 9.36 Å². The Bertz CT molecular complexity index is 627. The van der Waals surface area contributed by atoms with E-state index in [9.17, 15) is 9.59 Å². The summed E-state index contributed by atoms with van der Waals surface area (Å²) in [7, 11) is 0. The van der Waals surface area contributed by atoms with Gasteiger partial charge in [-0.25, -0.2) is 4.79 Å². The van der Waals surface area contributed by atoms with Crippen LogP contribution in [0.1, 0.15) is 13.3 Å². The summed E-state index contributed by atoms with van der Waals surface area (Å²) in [6, 6.07) is 4.95. The van der Waals surface area contributed by atoms with Crippen molar-refractivity contribution >= 4 is 22.8 Å². The van der Waals surface area contributed by atoms with E-state index in [0.29, 0.717) is 23.4 Å². The second kappa shape index (κ2) is 4.95. The zero-order chi connectivity index (χ0) is 13.1. The average molecular weight is 250 g/mol. The maximum atomic E-state index is 11.6. The van der Waals surface area contributed by atoms with Crippen molar-refractivity contribution in [1.29, 1.82) is 0 Å². The van der Waals surface area contributed by atoms with E-state index in [-0.39, 0.29) is 6.54 Å². The highest BCUT2D eigenvalue weighted by atomic mass is 16.5. The van der Waals surface area contributed by atoms with Crippen LogP contribution in [0.4, 0.5) is 5.69 Å². The quantitative estimate of drug-likeness (QED) is 0.649. The largest absolute Gasteiger partial charge is 0.464 e. The molecule has 0 bridgehead atoms. The normalized spacial score (nSPS) is 10.7. The van der Waals surface area contributed by atoms with Gasteiger partial charge in [0, 0.05) is 0 Å². The number of ether oxygens (including phenoxy) is 1. The van der Waals surface area contributed by atoms with Crippen LogP contribution in [-0.4, -0.2) is 17.1 Å². The van der Waals surface area contributed by atoms with Crippen LogP contribution in [0.2, 0.25) is 0 Å². The maximum absolute atomic E-state index is 11.6. The number of fused-ring (bicyclic) bond motifs is 1. The third-order valence-electron chi connectivity index (χ3n) is 2.47. The number of nitrogens with zero attached hydrogens (tertiary/aromatic N) is 1. The summed E-state index contributed by atoms with van der Waals surface area (Å²) in [6.45, 7) is 2.03. The zero-order valence-electron chi connectivity index (χ0n) is 10.0. The van der Waals surface area contributed by atoms with Crippen LogP contribution in [0.15, 0.2) is 27.4 Å². The summed E-state index contributed by atoms with van der Waals surface area (Å²) < 4.78 is 11.1. The van der Waals surface area contributed by atoms with Crippen molar-refractivity contribution in [2.75, 3.05) is 12.3 Å². The highest BCUT2D eigenvalue weighted by Crippen LogP contribution is 2.19. The number of hydrogen-bond donors (Lipinski definition) is 1. The lowest BCUT2D eigenvalue weighted by Gasteiger charge is -2.04. The fourth-order valence-corrected chi connectivity index (χ4v) is 1.69. The molecule has 0 atom stereocenters. The first-order valence-electron chi connectivity index (χ1n) is 5.67. The molecule has 0 unspecified atom stereocenters. The third kappa shape index (κ3) is 2.22. The number of oxazole rings is 1. The van der Waals surface area contributed by atoms with Gasteiger partial charge in [0.1, 0.15) is 12.1 Å². The van der Waals surface area contributed by atoms with Crippen molar-refractivity contribution in [2.45, 2.75) is 19.9 Å². The summed E-state index contributed by atoms with van der Waals surface area (Å²) in [6.07, 6.45) is 0.731. The first-order chi connectivity index (χ1) is 8.63. The van der Waals surface area contributed by atoms with Crippen molar-refractivity contribution in [1.82, 2.24) is 4.57 Å². The first kappa shape index (κ1) is 12.2. The minimum Gasteiger partial charge on any atom is -0.464 e. The molecule has 18 heavy (non-hydrogen) atoms. The Morgan fingerprint density at radius 1 is 1.50 bits per heavy atom. The molecule has 0 spiro atoms. The van der Waals surface area contributed by atoms with E-state index in [1.165, 1.54) is 4.57 Å². The number of aromatic nitrogens is 1. The Morgan fingerprint density at radius 3 is 3.00 bits per heavy atom. The minimum absolute atomic E-state index is 0.194. The van der Waals surface area contributed by atoms with Gasteiger partial charge in [0.05, 0.1) is 12.3 Å². The van der Waals surface area contributed by atoms with Gasteiger partial charge in [0.25, 0.3) is 0 Å². The third-order valence-corrected chi connectivity index (χ3v) is 2.47. The fraction of sp³-hybridized carbons (Fsp3) is 0.333. The molecule has 0 fully saturated rings. The highest BCUT2D eigenvalue weighted by molar-refractivity contribution is 5.86. The van der Waals surface area contributed by atoms with Crippen LogP contribution >= 0.6 is 0 Å².